The molecular formula is C13H18N6O. The number of aromatic nitrogens is 3. The molecule has 0 aromatic carbocycles. The Morgan fingerprint density at radius 2 is 2.20 bits per heavy atom. The maximum absolute atomic E-state index is 11.0. The monoisotopic (exact) mass is 274 g/mol. The molecule has 3 heterocycles. The van der Waals surface area contributed by atoms with Gasteiger partial charge in [0, 0.05) is 18.8 Å². The van der Waals surface area contributed by atoms with Gasteiger partial charge in [-0.05, 0) is 25.8 Å². The minimum absolute atomic E-state index is 0.0653. The van der Waals surface area contributed by atoms with Crippen molar-refractivity contribution in [3.63, 3.8) is 0 Å². The number of hydrogen-bond acceptors (Lipinski definition) is 5. The van der Waals surface area contributed by atoms with Crippen molar-refractivity contribution in [2.24, 2.45) is 5.73 Å². The van der Waals surface area contributed by atoms with E-state index in [1.165, 1.54) is 0 Å². The van der Waals surface area contributed by atoms with Crippen molar-refractivity contribution in [3.8, 4) is 0 Å². The maximum atomic E-state index is 11.0. The molecule has 0 atom stereocenters. The van der Waals surface area contributed by atoms with Gasteiger partial charge in [0.25, 0.3) is 0 Å². The van der Waals surface area contributed by atoms with Crippen molar-refractivity contribution in [2.45, 2.75) is 19.8 Å². The van der Waals surface area contributed by atoms with Crippen molar-refractivity contribution in [2.75, 3.05) is 29.9 Å². The Kier molecular flexibility index (Phi) is 3.17. The molecule has 0 unspecified atom stereocenters. The van der Waals surface area contributed by atoms with Gasteiger partial charge < -0.3 is 20.9 Å². The molecule has 7 heteroatoms. The molecule has 0 aliphatic carbocycles. The number of hydrogen-bond donors (Lipinski definition) is 3. The molecule has 0 spiro atoms. The number of nitrogens with two attached hydrogens (primary N) is 1. The number of aryl methyl sites for hydroxylation is 1. The molecule has 2 aromatic rings. The Labute approximate surface area is 116 Å². The van der Waals surface area contributed by atoms with Crippen molar-refractivity contribution < 1.29 is 4.79 Å². The first kappa shape index (κ1) is 12.7. The summed E-state index contributed by atoms with van der Waals surface area (Å²) < 4.78 is 0. The van der Waals surface area contributed by atoms with Crippen molar-refractivity contribution >= 4 is 28.7 Å². The number of amides is 1. The Balaban J connectivity index is 2.01. The van der Waals surface area contributed by atoms with E-state index < -0.39 is 5.91 Å². The highest BCUT2D eigenvalue weighted by molar-refractivity contribution is 5.90. The second-order valence-electron chi connectivity index (χ2n) is 5.10. The fourth-order valence-electron chi connectivity index (χ4n) is 2.49. The minimum atomic E-state index is -0.410. The summed E-state index contributed by atoms with van der Waals surface area (Å²) in [6.07, 6.45) is 2.32. The van der Waals surface area contributed by atoms with Crippen molar-refractivity contribution in [1.82, 2.24) is 15.0 Å². The van der Waals surface area contributed by atoms with Gasteiger partial charge in [0.15, 0.2) is 0 Å². The Bertz CT molecular complexity index is 644. The van der Waals surface area contributed by atoms with Crippen LogP contribution < -0.4 is 16.0 Å². The van der Waals surface area contributed by atoms with E-state index in [0.717, 1.165) is 42.7 Å². The minimum Gasteiger partial charge on any atom is -0.368 e. The summed E-state index contributed by atoms with van der Waals surface area (Å²) in [4.78, 5) is 25.4. The van der Waals surface area contributed by atoms with E-state index in [2.05, 4.69) is 25.2 Å². The van der Waals surface area contributed by atoms with Gasteiger partial charge in [0.2, 0.25) is 11.9 Å². The maximum Gasteiger partial charge on any atom is 0.236 e. The highest BCUT2D eigenvalue weighted by Crippen LogP contribution is 2.25. The van der Waals surface area contributed by atoms with Gasteiger partial charge in [-0.2, -0.15) is 9.97 Å². The van der Waals surface area contributed by atoms with Crippen LogP contribution in [0.1, 0.15) is 18.5 Å². The second-order valence-corrected chi connectivity index (χ2v) is 5.10. The third kappa shape index (κ3) is 2.38. The molecule has 1 aliphatic rings. The van der Waals surface area contributed by atoms with Crippen molar-refractivity contribution in [3.05, 3.63) is 11.8 Å². The summed E-state index contributed by atoms with van der Waals surface area (Å²) in [7, 11) is 0. The summed E-state index contributed by atoms with van der Waals surface area (Å²) in [5.74, 6) is 0.940. The lowest BCUT2D eigenvalue weighted by molar-refractivity contribution is -0.116. The standard InChI is InChI=1S/C13H18N6O/c1-8-6-9-11(15-7-10(14)20)17-13(18-12(9)16-8)19-4-2-3-5-19/h6H,2-5,7H2,1H3,(H2,14,20)(H2,15,16,17,18). The number of carbonyl (C=O) groups is 1. The number of carbonyl (C=O) groups excluding carboxylic acids is 1. The second kappa shape index (κ2) is 4.99. The molecule has 7 nitrogen and oxygen atoms in total. The Morgan fingerprint density at radius 1 is 1.45 bits per heavy atom. The van der Waals surface area contributed by atoms with E-state index >= 15 is 0 Å². The molecule has 0 radical (unpaired) electrons. The topological polar surface area (TPSA) is 99.9 Å². The largest absolute Gasteiger partial charge is 0.368 e. The molecular weight excluding hydrogens is 256 g/mol. The fraction of sp³-hybridized carbons (Fsp3) is 0.462. The van der Waals surface area contributed by atoms with Crippen LogP contribution in [0.5, 0.6) is 0 Å². The average molecular weight is 274 g/mol. The molecule has 0 bridgehead atoms. The lowest BCUT2D eigenvalue weighted by Gasteiger charge is -2.16. The van der Waals surface area contributed by atoms with Gasteiger partial charge in [0.1, 0.15) is 11.5 Å². The highest BCUT2D eigenvalue weighted by atomic mass is 16.1. The SMILES string of the molecule is Cc1cc2c(NCC(N)=O)nc(N3CCCC3)nc2[nH]1. The summed E-state index contributed by atoms with van der Waals surface area (Å²) in [5.41, 5.74) is 6.98. The van der Waals surface area contributed by atoms with E-state index in [-0.39, 0.29) is 6.54 Å². The summed E-state index contributed by atoms with van der Waals surface area (Å²) in [6, 6.07) is 1.96. The first-order chi connectivity index (χ1) is 9.63. The molecule has 2 aromatic heterocycles. The predicted octanol–water partition coefficient (Wildman–Crippen LogP) is 0.764. The van der Waals surface area contributed by atoms with Crippen LogP contribution in [0, 0.1) is 6.92 Å². The normalized spacial score (nSPS) is 14.9. The van der Waals surface area contributed by atoms with Crippen LogP contribution in [0.25, 0.3) is 11.0 Å². The van der Waals surface area contributed by atoms with Crippen LogP contribution in [-0.4, -0.2) is 40.5 Å². The zero-order valence-electron chi connectivity index (χ0n) is 11.4. The van der Waals surface area contributed by atoms with Gasteiger partial charge in [-0.25, -0.2) is 0 Å². The van der Waals surface area contributed by atoms with E-state index in [4.69, 9.17) is 5.73 Å². The molecule has 20 heavy (non-hydrogen) atoms. The van der Waals surface area contributed by atoms with Crippen LogP contribution >= 0.6 is 0 Å². The van der Waals surface area contributed by atoms with Gasteiger partial charge in [-0.1, -0.05) is 0 Å². The zero-order valence-corrected chi connectivity index (χ0v) is 11.4. The predicted molar refractivity (Wildman–Crippen MR) is 77.8 cm³/mol. The third-order valence-corrected chi connectivity index (χ3v) is 3.43. The Morgan fingerprint density at radius 3 is 2.90 bits per heavy atom. The average Bonchev–Trinajstić information content (AvgIpc) is 3.02. The molecule has 1 amide bonds. The lowest BCUT2D eigenvalue weighted by atomic mass is 10.3. The van der Waals surface area contributed by atoms with Crippen LogP contribution in [0.4, 0.5) is 11.8 Å². The van der Waals surface area contributed by atoms with Crippen LogP contribution in [0.3, 0.4) is 0 Å². The molecule has 1 aliphatic heterocycles. The summed E-state index contributed by atoms with van der Waals surface area (Å²) in [6.45, 7) is 3.98. The van der Waals surface area contributed by atoms with E-state index in [0.29, 0.717) is 11.8 Å². The Hall–Kier alpha value is -2.31. The highest BCUT2D eigenvalue weighted by Gasteiger charge is 2.18. The smallest absolute Gasteiger partial charge is 0.236 e. The van der Waals surface area contributed by atoms with Crippen LogP contribution in [0.2, 0.25) is 0 Å². The van der Waals surface area contributed by atoms with Gasteiger partial charge in [-0.3, -0.25) is 4.79 Å². The number of nitrogens with one attached hydrogen (secondary N) is 2. The number of aromatic amines is 1. The molecule has 1 saturated heterocycles. The number of fused-ring (bicyclic) bond motifs is 1. The summed E-state index contributed by atoms with van der Waals surface area (Å²) in [5, 5.41) is 3.87. The van der Waals surface area contributed by atoms with E-state index in [9.17, 15) is 4.79 Å². The molecule has 4 N–H and O–H groups in total. The van der Waals surface area contributed by atoms with Crippen molar-refractivity contribution in [1.29, 1.82) is 0 Å². The number of anilines is 2. The zero-order chi connectivity index (χ0) is 14.1. The van der Waals surface area contributed by atoms with Crippen LogP contribution in [-0.2, 0) is 4.79 Å². The molecule has 106 valence electrons. The van der Waals surface area contributed by atoms with Gasteiger partial charge >= 0.3 is 0 Å². The number of H-pyrrole nitrogens is 1. The van der Waals surface area contributed by atoms with Gasteiger partial charge in [-0.15, -0.1) is 0 Å². The number of nitrogens with zero attached hydrogens (tertiary/aromatic N) is 3. The molecule has 0 saturated carbocycles. The first-order valence-electron chi connectivity index (χ1n) is 6.78. The first-order valence-corrected chi connectivity index (χ1v) is 6.78. The van der Waals surface area contributed by atoms with Crippen LogP contribution in [0.15, 0.2) is 6.07 Å². The third-order valence-electron chi connectivity index (χ3n) is 3.43. The van der Waals surface area contributed by atoms with Gasteiger partial charge in [0.05, 0.1) is 11.9 Å². The van der Waals surface area contributed by atoms with E-state index in [1.807, 2.05) is 13.0 Å². The molecule has 1 fully saturated rings. The summed E-state index contributed by atoms with van der Waals surface area (Å²) >= 11 is 0. The quantitative estimate of drug-likeness (QED) is 0.764. The number of rotatable bonds is 4. The van der Waals surface area contributed by atoms with E-state index in [1.54, 1.807) is 0 Å². The molecule has 3 rings (SSSR count). The lowest BCUT2D eigenvalue weighted by Crippen LogP contribution is -2.24. The fourth-order valence-corrected chi connectivity index (χ4v) is 2.49. The number of primary amides is 1.